The molecule has 0 bridgehead atoms. The summed E-state index contributed by atoms with van der Waals surface area (Å²) in [6.07, 6.45) is 2.54. The second-order valence-electron chi connectivity index (χ2n) is 5.95. The highest BCUT2D eigenvalue weighted by atomic mass is 79.9. The SMILES string of the molecule is Cc1ccc(C)c(CC(Br)C2CC2(C)C)c1. The average Bonchev–Trinajstić information content (AvgIpc) is 2.82. The number of rotatable bonds is 3. The number of benzene rings is 1. The van der Waals surface area contributed by atoms with Crippen LogP contribution in [0.4, 0.5) is 0 Å². The summed E-state index contributed by atoms with van der Waals surface area (Å²) in [5.74, 6) is 0.854. The molecule has 2 unspecified atom stereocenters. The normalized spacial score (nSPS) is 24.2. The summed E-state index contributed by atoms with van der Waals surface area (Å²) >= 11 is 3.88. The molecule has 0 heterocycles. The van der Waals surface area contributed by atoms with Gasteiger partial charge in [0.15, 0.2) is 0 Å². The fraction of sp³-hybridized carbons (Fsp3) is 0.600. The maximum atomic E-state index is 3.88. The largest absolute Gasteiger partial charge is 0.0884 e. The molecule has 0 amide bonds. The third kappa shape index (κ3) is 2.51. The maximum Gasteiger partial charge on any atom is 0.0219 e. The summed E-state index contributed by atoms with van der Waals surface area (Å²) in [6, 6.07) is 6.77. The summed E-state index contributed by atoms with van der Waals surface area (Å²) in [6.45, 7) is 9.13. The van der Waals surface area contributed by atoms with Gasteiger partial charge < -0.3 is 0 Å². The summed E-state index contributed by atoms with van der Waals surface area (Å²) in [4.78, 5) is 0.642. The van der Waals surface area contributed by atoms with Crippen LogP contribution >= 0.6 is 15.9 Å². The van der Waals surface area contributed by atoms with E-state index < -0.39 is 0 Å². The highest BCUT2D eigenvalue weighted by Crippen LogP contribution is 2.56. The van der Waals surface area contributed by atoms with Gasteiger partial charge in [-0.15, -0.1) is 0 Å². The van der Waals surface area contributed by atoms with E-state index in [9.17, 15) is 0 Å². The monoisotopic (exact) mass is 280 g/mol. The molecule has 1 aliphatic rings. The van der Waals surface area contributed by atoms with Gasteiger partial charge in [0, 0.05) is 4.83 Å². The molecule has 0 spiro atoms. The van der Waals surface area contributed by atoms with Crippen molar-refractivity contribution in [2.75, 3.05) is 0 Å². The lowest BCUT2D eigenvalue weighted by atomic mass is 9.98. The van der Waals surface area contributed by atoms with Gasteiger partial charge in [-0.2, -0.15) is 0 Å². The van der Waals surface area contributed by atoms with E-state index in [0.29, 0.717) is 10.2 Å². The first-order chi connectivity index (χ1) is 7.40. The van der Waals surface area contributed by atoms with Crippen LogP contribution in [0.1, 0.15) is 37.0 Å². The van der Waals surface area contributed by atoms with Crippen molar-refractivity contribution in [1.82, 2.24) is 0 Å². The van der Waals surface area contributed by atoms with Crippen molar-refractivity contribution in [3.8, 4) is 0 Å². The molecule has 88 valence electrons. The molecule has 1 saturated carbocycles. The number of halogens is 1. The fourth-order valence-corrected chi connectivity index (χ4v) is 3.75. The van der Waals surface area contributed by atoms with E-state index in [2.05, 4.69) is 61.8 Å². The van der Waals surface area contributed by atoms with Crippen molar-refractivity contribution in [3.05, 3.63) is 34.9 Å². The molecule has 0 aliphatic heterocycles. The smallest absolute Gasteiger partial charge is 0.0219 e. The molecule has 0 nitrogen and oxygen atoms in total. The molecule has 1 heteroatoms. The van der Waals surface area contributed by atoms with Crippen LogP contribution in [0.2, 0.25) is 0 Å². The Labute approximate surface area is 108 Å². The minimum absolute atomic E-state index is 0.561. The van der Waals surface area contributed by atoms with Crippen LogP contribution in [-0.2, 0) is 6.42 Å². The molecule has 0 radical (unpaired) electrons. The highest BCUT2D eigenvalue weighted by Gasteiger charge is 2.49. The van der Waals surface area contributed by atoms with Crippen molar-refractivity contribution in [2.24, 2.45) is 11.3 Å². The molecular weight excluding hydrogens is 260 g/mol. The van der Waals surface area contributed by atoms with E-state index in [4.69, 9.17) is 0 Å². The van der Waals surface area contributed by atoms with Crippen LogP contribution in [0.15, 0.2) is 18.2 Å². The van der Waals surface area contributed by atoms with Gasteiger partial charge >= 0.3 is 0 Å². The van der Waals surface area contributed by atoms with Crippen molar-refractivity contribution >= 4 is 15.9 Å². The zero-order chi connectivity index (χ0) is 11.9. The Hall–Kier alpha value is -0.300. The van der Waals surface area contributed by atoms with Crippen LogP contribution in [0.5, 0.6) is 0 Å². The second-order valence-corrected chi connectivity index (χ2v) is 7.13. The molecule has 2 atom stereocenters. The quantitative estimate of drug-likeness (QED) is 0.707. The first-order valence-corrected chi connectivity index (χ1v) is 7.02. The first kappa shape index (κ1) is 12.2. The molecule has 0 N–H and O–H groups in total. The standard InChI is InChI=1S/C15H21Br/c1-10-5-6-11(2)12(7-10)8-14(16)13-9-15(13,3)4/h5-7,13-14H,8-9H2,1-4H3. The topological polar surface area (TPSA) is 0 Å². The Kier molecular flexibility index (Phi) is 3.18. The Morgan fingerprint density at radius 2 is 2.00 bits per heavy atom. The van der Waals surface area contributed by atoms with Crippen LogP contribution < -0.4 is 0 Å². The first-order valence-electron chi connectivity index (χ1n) is 6.10. The van der Waals surface area contributed by atoms with Gasteiger partial charge in [0.1, 0.15) is 0 Å². The van der Waals surface area contributed by atoms with Gasteiger partial charge in [-0.05, 0) is 49.1 Å². The highest BCUT2D eigenvalue weighted by molar-refractivity contribution is 9.09. The van der Waals surface area contributed by atoms with Crippen LogP contribution in [0.25, 0.3) is 0 Å². The van der Waals surface area contributed by atoms with Crippen LogP contribution in [0.3, 0.4) is 0 Å². The van der Waals surface area contributed by atoms with Crippen molar-refractivity contribution in [2.45, 2.75) is 45.4 Å². The minimum Gasteiger partial charge on any atom is -0.0884 e. The van der Waals surface area contributed by atoms with E-state index >= 15 is 0 Å². The van der Waals surface area contributed by atoms with Gasteiger partial charge in [-0.3, -0.25) is 0 Å². The van der Waals surface area contributed by atoms with E-state index in [1.54, 1.807) is 0 Å². The number of hydrogen-bond donors (Lipinski definition) is 0. The van der Waals surface area contributed by atoms with Crippen LogP contribution in [0, 0.1) is 25.2 Å². The molecule has 2 rings (SSSR count). The van der Waals surface area contributed by atoms with Gasteiger partial charge in [0.2, 0.25) is 0 Å². The summed E-state index contributed by atoms with van der Waals surface area (Å²) in [7, 11) is 0. The number of alkyl halides is 1. The predicted molar refractivity (Wildman–Crippen MR) is 74.2 cm³/mol. The number of hydrogen-bond acceptors (Lipinski definition) is 0. The van der Waals surface area contributed by atoms with Crippen molar-refractivity contribution in [1.29, 1.82) is 0 Å². The molecule has 1 aromatic rings. The third-order valence-electron chi connectivity index (χ3n) is 3.95. The minimum atomic E-state index is 0.561. The Bertz CT molecular complexity index is 392. The molecule has 0 aromatic heterocycles. The third-order valence-corrected chi connectivity index (χ3v) is 4.91. The lowest BCUT2D eigenvalue weighted by Crippen LogP contribution is -2.10. The second kappa shape index (κ2) is 4.18. The molecule has 1 aromatic carbocycles. The summed E-state index contributed by atoms with van der Waals surface area (Å²) < 4.78 is 0. The maximum absolute atomic E-state index is 3.88. The van der Waals surface area contributed by atoms with Crippen molar-refractivity contribution < 1.29 is 0 Å². The van der Waals surface area contributed by atoms with Crippen molar-refractivity contribution in [3.63, 3.8) is 0 Å². The van der Waals surface area contributed by atoms with E-state index in [-0.39, 0.29) is 0 Å². The fourth-order valence-electron chi connectivity index (χ4n) is 2.50. The van der Waals surface area contributed by atoms with E-state index in [1.807, 2.05) is 0 Å². The van der Waals surface area contributed by atoms with E-state index in [1.165, 1.54) is 29.5 Å². The van der Waals surface area contributed by atoms with Gasteiger partial charge in [-0.25, -0.2) is 0 Å². The van der Waals surface area contributed by atoms with Gasteiger partial charge in [0.05, 0.1) is 0 Å². The number of aryl methyl sites for hydroxylation is 2. The molecule has 16 heavy (non-hydrogen) atoms. The van der Waals surface area contributed by atoms with Gasteiger partial charge in [-0.1, -0.05) is 53.5 Å². The molecule has 1 aliphatic carbocycles. The lowest BCUT2D eigenvalue weighted by molar-refractivity contribution is 0.545. The lowest BCUT2D eigenvalue weighted by Gasteiger charge is -2.14. The zero-order valence-corrected chi connectivity index (χ0v) is 12.3. The predicted octanol–water partition coefficient (Wildman–Crippen LogP) is 4.66. The molecule has 1 fully saturated rings. The Balaban J connectivity index is 2.06. The Morgan fingerprint density at radius 3 is 2.56 bits per heavy atom. The zero-order valence-electron chi connectivity index (χ0n) is 10.7. The molecule has 0 saturated heterocycles. The average molecular weight is 281 g/mol. The summed E-state index contributed by atoms with van der Waals surface area (Å²) in [5, 5.41) is 0. The molecular formula is C15H21Br. The van der Waals surface area contributed by atoms with Gasteiger partial charge in [0.25, 0.3) is 0 Å². The van der Waals surface area contributed by atoms with Crippen LogP contribution in [-0.4, -0.2) is 4.83 Å². The Morgan fingerprint density at radius 1 is 1.38 bits per heavy atom. The van der Waals surface area contributed by atoms with E-state index in [0.717, 1.165) is 5.92 Å². The summed E-state index contributed by atoms with van der Waals surface area (Å²) in [5.41, 5.74) is 4.86.